The number of hydrogen-bond acceptors (Lipinski definition) is 5. The molecular formula is C12H23N3O4. The molecule has 0 aromatic carbocycles. The van der Waals surface area contributed by atoms with Crippen molar-refractivity contribution < 1.29 is 19.3 Å². The molecule has 7 heteroatoms. The van der Waals surface area contributed by atoms with E-state index in [9.17, 15) is 9.59 Å². The number of nitrogens with one attached hydrogen (secondary N) is 1. The van der Waals surface area contributed by atoms with Crippen molar-refractivity contribution in [3.8, 4) is 0 Å². The van der Waals surface area contributed by atoms with Gasteiger partial charge in [0.05, 0.1) is 0 Å². The van der Waals surface area contributed by atoms with E-state index in [2.05, 4.69) is 10.6 Å². The zero-order chi connectivity index (χ0) is 14.7. The largest absolute Gasteiger partial charge is 0.369 e. The SMILES string of the molecule is CC/C=N/OCONC(=O)C(CC)CC(C)C(N)=O. The van der Waals surface area contributed by atoms with Crippen LogP contribution >= 0.6 is 0 Å². The van der Waals surface area contributed by atoms with Crippen molar-refractivity contribution in [2.24, 2.45) is 22.7 Å². The van der Waals surface area contributed by atoms with Gasteiger partial charge in [-0.25, -0.2) is 10.3 Å². The molecule has 0 spiro atoms. The Kier molecular flexibility index (Phi) is 9.42. The maximum Gasteiger partial charge on any atom is 0.246 e. The Morgan fingerprint density at radius 2 is 2.11 bits per heavy atom. The number of rotatable bonds is 10. The van der Waals surface area contributed by atoms with Gasteiger partial charge >= 0.3 is 0 Å². The number of carbonyl (C=O) groups excluding carboxylic acids is 2. The molecule has 110 valence electrons. The van der Waals surface area contributed by atoms with Crippen molar-refractivity contribution in [2.75, 3.05) is 6.79 Å². The van der Waals surface area contributed by atoms with Crippen LogP contribution in [0.4, 0.5) is 0 Å². The number of hydroxylamine groups is 1. The van der Waals surface area contributed by atoms with Crippen LogP contribution in [0.1, 0.15) is 40.0 Å². The van der Waals surface area contributed by atoms with E-state index < -0.39 is 5.91 Å². The quantitative estimate of drug-likeness (QED) is 0.267. The Bertz CT molecular complexity index is 307. The van der Waals surface area contributed by atoms with Crippen LogP contribution in [0.3, 0.4) is 0 Å². The standard InChI is InChI=1S/C12H23N3O4/c1-4-6-14-18-8-19-15-12(17)10(5-2)7-9(3)11(13)16/h6,9-10H,4-5,7-8H2,1-3H3,(H2,13,16)(H,15,17)/b14-6+. The summed E-state index contributed by atoms with van der Waals surface area (Å²) < 4.78 is 0. The van der Waals surface area contributed by atoms with Crippen LogP contribution in [-0.2, 0) is 19.3 Å². The lowest BCUT2D eigenvalue weighted by Gasteiger charge is -2.16. The van der Waals surface area contributed by atoms with Crippen molar-refractivity contribution in [2.45, 2.75) is 40.0 Å². The van der Waals surface area contributed by atoms with E-state index in [0.29, 0.717) is 12.8 Å². The zero-order valence-corrected chi connectivity index (χ0v) is 11.7. The molecule has 0 fully saturated rings. The summed E-state index contributed by atoms with van der Waals surface area (Å²) in [6.07, 6.45) is 3.33. The molecule has 0 aliphatic heterocycles. The Balaban J connectivity index is 3.95. The third kappa shape index (κ3) is 8.15. The van der Waals surface area contributed by atoms with Gasteiger partial charge in [-0.05, 0) is 19.3 Å². The number of oxime groups is 1. The van der Waals surface area contributed by atoms with Gasteiger partial charge in [0.2, 0.25) is 18.6 Å². The first-order valence-corrected chi connectivity index (χ1v) is 6.37. The normalized spacial score (nSPS) is 14.1. The molecule has 0 bridgehead atoms. The smallest absolute Gasteiger partial charge is 0.246 e. The molecule has 0 rings (SSSR count). The lowest BCUT2D eigenvalue weighted by Crippen LogP contribution is -2.34. The van der Waals surface area contributed by atoms with Gasteiger partial charge in [-0.3, -0.25) is 9.59 Å². The number of primary amides is 1. The van der Waals surface area contributed by atoms with Crippen LogP contribution in [-0.4, -0.2) is 24.8 Å². The number of hydrogen-bond donors (Lipinski definition) is 2. The minimum Gasteiger partial charge on any atom is -0.369 e. The molecule has 0 aliphatic carbocycles. The van der Waals surface area contributed by atoms with E-state index in [4.69, 9.17) is 15.4 Å². The monoisotopic (exact) mass is 273 g/mol. The van der Waals surface area contributed by atoms with Crippen LogP contribution in [0.25, 0.3) is 0 Å². The average molecular weight is 273 g/mol. The van der Waals surface area contributed by atoms with E-state index in [1.165, 1.54) is 0 Å². The highest BCUT2D eigenvalue weighted by molar-refractivity contribution is 5.80. The molecule has 2 amide bonds. The van der Waals surface area contributed by atoms with Crippen molar-refractivity contribution in [1.29, 1.82) is 0 Å². The first-order valence-electron chi connectivity index (χ1n) is 6.37. The predicted octanol–water partition coefficient (Wildman–Crippen LogP) is 0.942. The van der Waals surface area contributed by atoms with Crippen LogP contribution in [0.15, 0.2) is 5.16 Å². The lowest BCUT2D eigenvalue weighted by atomic mass is 9.93. The molecular weight excluding hydrogens is 250 g/mol. The fraction of sp³-hybridized carbons (Fsp3) is 0.750. The molecule has 3 N–H and O–H groups in total. The van der Waals surface area contributed by atoms with Crippen LogP contribution < -0.4 is 11.2 Å². The molecule has 19 heavy (non-hydrogen) atoms. The van der Waals surface area contributed by atoms with E-state index >= 15 is 0 Å². The molecule has 2 unspecified atom stereocenters. The van der Waals surface area contributed by atoms with Gasteiger partial charge < -0.3 is 10.6 Å². The van der Waals surface area contributed by atoms with Crippen molar-refractivity contribution in [1.82, 2.24) is 5.48 Å². The lowest BCUT2D eigenvalue weighted by molar-refractivity contribution is -0.152. The molecule has 0 aromatic heterocycles. The highest BCUT2D eigenvalue weighted by Crippen LogP contribution is 2.15. The first-order chi connectivity index (χ1) is 9.02. The fourth-order valence-electron chi connectivity index (χ4n) is 1.37. The van der Waals surface area contributed by atoms with E-state index in [0.717, 1.165) is 6.42 Å². The summed E-state index contributed by atoms with van der Waals surface area (Å²) in [6.45, 7) is 5.31. The predicted molar refractivity (Wildman–Crippen MR) is 70.7 cm³/mol. The summed E-state index contributed by atoms with van der Waals surface area (Å²) >= 11 is 0. The second kappa shape index (κ2) is 10.3. The van der Waals surface area contributed by atoms with Crippen molar-refractivity contribution in [3.05, 3.63) is 0 Å². The van der Waals surface area contributed by atoms with E-state index in [1.807, 2.05) is 13.8 Å². The van der Waals surface area contributed by atoms with Crippen molar-refractivity contribution in [3.63, 3.8) is 0 Å². The maximum absolute atomic E-state index is 11.7. The van der Waals surface area contributed by atoms with Gasteiger partial charge in [0.25, 0.3) is 0 Å². The Morgan fingerprint density at radius 1 is 1.42 bits per heavy atom. The van der Waals surface area contributed by atoms with Gasteiger partial charge in [-0.15, -0.1) is 0 Å². The molecule has 7 nitrogen and oxygen atoms in total. The van der Waals surface area contributed by atoms with Gasteiger partial charge in [0, 0.05) is 18.1 Å². The first kappa shape index (κ1) is 17.4. The molecule has 0 aromatic rings. The summed E-state index contributed by atoms with van der Waals surface area (Å²) in [5.74, 6) is -1.37. The molecule has 2 atom stereocenters. The third-order valence-corrected chi connectivity index (χ3v) is 2.60. The summed E-state index contributed by atoms with van der Waals surface area (Å²) in [6, 6.07) is 0. The van der Waals surface area contributed by atoms with E-state index in [-0.39, 0.29) is 24.5 Å². The molecule has 0 aliphatic rings. The molecule has 0 radical (unpaired) electrons. The topological polar surface area (TPSA) is 103 Å². The Hall–Kier alpha value is -1.63. The second-order valence-corrected chi connectivity index (χ2v) is 4.20. The molecule has 0 saturated carbocycles. The average Bonchev–Trinajstić information content (AvgIpc) is 2.39. The summed E-state index contributed by atoms with van der Waals surface area (Å²) in [5.41, 5.74) is 7.43. The van der Waals surface area contributed by atoms with Crippen LogP contribution in [0.5, 0.6) is 0 Å². The minimum atomic E-state index is -0.413. The highest BCUT2D eigenvalue weighted by Gasteiger charge is 2.22. The van der Waals surface area contributed by atoms with Gasteiger partial charge in [0.1, 0.15) is 0 Å². The number of nitrogens with zero attached hydrogens (tertiary/aromatic N) is 1. The van der Waals surface area contributed by atoms with Gasteiger partial charge in [0.15, 0.2) is 0 Å². The molecule has 0 saturated heterocycles. The van der Waals surface area contributed by atoms with Gasteiger partial charge in [-0.2, -0.15) is 0 Å². The fourth-order valence-corrected chi connectivity index (χ4v) is 1.37. The minimum absolute atomic E-state index is 0.163. The molecule has 0 heterocycles. The van der Waals surface area contributed by atoms with Crippen LogP contribution in [0, 0.1) is 11.8 Å². The summed E-state index contributed by atoms with van der Waals surface area (Å²) in [7, 11) is 0. The Labute approximate surface area is 113 Å². The maximum atomic E-state index is 11.7. The van der Waals surface area contributed by atoms with Crippen LogP contribution in [0.2, 0.25) is 0 Å². The highest BCUT2D eigenvalue weighted by atomic mass is 16.8. The third-order valence-electron chi connectivity index (χ3n) is 2.60. The summed E-state index contributed by atoms with van der Waals surface area (Å²) in [5, 5.41) is 3.56. The Morgan fingerprint density at radius 3 is 2.63 bits per heavy atom. The van der Waals surface area contributed by atoms with Crippen molar-refractivity contribution >= 4 is 18.0 Å². The number of amides is 2. The van der Waals surface area contributed by atoms with Gasteiger partial charge in [-0.1, -0.05) is 25.9 Å². The number of carbonyl (C=O) groups is 2. The summed E-state index contributed by atoms with van der Waals surface area (Å²) in [4.78, 5) is 32.2. The number of nitrogens with two attached hydrogens (primary N) is 1. The zero-order valence-electron chi connectivity index (χ0n) is 11.7. The van der Waals surface area contributed by atoms with E-state index in [1.54, 1.807) is 13.1 Å². The second-order valence-electron chi connectivity index (χ2n) is 4.20.